The van der Waals surface area contributed by atoms with Crippen molar-refractivity contribution in [3.63, 3.8) is 0 Å². The Morgan fingerprint density at radius 3 is 2.05 bits per heavy atom. The van der Waals surface area contributed by atoms with Gasteiger partial charge in [-0.1, -0.05) is 13.8 Å². The van der Waals surface area contributed by atoms with E-state index in [9.17, 15) is 14.4 Å². The van der Waals surface area contributed by atoms with Crippen LogP contribution in [0.5, 0.6) is 0 Å². The number of carbonyl (C=O) groups is 3. The van der Waals surface area contributed by atoms with Gasteiger partial charge in [0.25, 0.3) is 0 Å². The van der Waals surface area contributed by atoms with E-state index in [0.29, 0.717) is 0 Å². The summed E-state index contributed by atoms with van der Waals surface area (Å²) in [5.41, 5.74) is -0.609. The number of likely N-dealkylation sites (N-methyl/N-ethyl adjacent to an activating group) is 1. The molecule has 116 valence electrons. The van der Waals surface area contributed by atoms with Gasteiger partial charge >= 0.3 is 6.09 Å². The van der Waals surface area contributed by atoms with E-state index in [4.69, 9.17) is 4.74 Å². The van der Waals surface area contributed by atoms with Crippen LogP contribution in [-0.2, 0) is 14.3 Å². The van der Waals surface area contributed by atoms with Gasteiger partial charge in [0.1, 0.15) is 12.1 Å². The average Bonchev–Trinajstić information content (AvgIpc) is 2.22. The molecule has 0 fully saturated rings. The first-order valence-corrected chi connectivity index (χ1v) is 6.68. The third kappa shape index (κ3) is 7.11. The fourth-order valence-electron chi connectivity index (χ4n) is 1.58. The molecule has 2 amide bonds. The number of hydrogen-bond donors (Lipinski definition) is 1. The molecule has 0 aliphatic heterocycles. The molecular formula is C14H26N2O4. The topological polar surface area (TPSA) is 75.7 Å². The largest absolute Gasteiger partial charge is 0.444 e. The first kappa shape index (κ1) is 18.4. The quantitative estimate of drug-likeness (QED) is 0.832. The SMILES string of the molecule is CC(=O)C(NC(=O)CN(C)C(=O)OC(C)(C)C)C(C)C. The standard InChI is InChI=1S/C14H26N2O4/c1-9(2)12(10(3)17)15-11(18)8-16(7)13(19)20-14(4,5)6/h9,12H,8H2,1-7H3,(H,15,18). The molecule has 0 radical (unpaired) electrons. The Labute approximate surface area is 120 Å². The van der Waals surface area contributed by atoms with Crippen LogP contribution in [-0.4, -0.2) is 47.9 Å². The Balaban J connectivity index is 4.46. The maximum atomic E-state index is 11.8. The van der Waals surface area contributed by atoms with Gasteiger partial charge in [-0.3, -0.25) is 9.59 Å². The molecule has 0 rings (SSSR count). The van der Waals surface area contributed by atoms with Crippen molar-refractivity contribution in [1.29, 1.82) is 0 Å². The summed E-state index contributed by atoms with van der Waals surface area (Å²) in [7, 11) is 1.48. The highest BCUT2D eigenvalue weighted by Gasteiger charge is 2.24. The van der Waals surface area contributed by atoms with Gasteiger partial charge in [0.05, 0.1) is 6.04 Å². The van der Waals surface area contributed by atoms with Gasteiger partial charge in [0.15, 0.2) is 5.78 Å². The van der Waals surface area contributed by atoms with Gasteiger partial charge in [0, 0.05) is 7.05 Å². The second kappa shape index (κ2) is 7.26. The Bertz CT molecular complexity index is 372. The Morgan fingerprint density at radius 2 is 1.70 bits per heavy atom. The third-order valence-electron chi connectivity index (χ3n) is 2.51. The van der Waals surface area contributed by atoms with Crippen LogP contribution in [0, 0.1) is 5.92 Å². The van der Waals surface area contributed by atoms with Crippen LogP contribution in [0.2, 0.25) is 0 Å². The summed E-state index contributed by atoms with van der Waals surface area (Å²) in [4.78, 5) is 36.1. The number of amides is 2. The number of nitrogens with one attached hydrogen (secondary N) is 1. The molecule has 0 aromatic heterocycles. The summed E-state index contributed by atoms with van der Waals surface area (Å²) in [6.07, 6.45) is -0.573. The van der Waals surface area contributed by atoms with Gasteiger partial charge in [-0.25, -0.2) is 4.79 Å². The van der Waals surface area contributed by atoms with Gasteiger partial charge in [-0.2, -0.15) is 0 Å². The Kier molecular flexibility index (Phi) is 6.68. The highest BCUT2D eigenvalue weighted by atomic mass is 16.6. The third-order valence-corrected chi connectivity index (χ3v) is 2.51. The highest BCUT2D eigenvalue weighted by molar-refractivity contribution is 5.89. The van der Waals surface area contributed by atoms with Crippen LogP contribution in [0.15, 0.2) is 0 Å². The molecule has 6 nitrogen and oxygen atoms in total. The van der Waals surface area contributed by atoms with Crippen molar-refractivity contribution in [3.8, 4) is 0 Å². The zero-order valence-electron chi connectivity index (χ0n) is 13.4. The Hall–Kier alpha value is -1.59. The summed E-state index contributed by atoms with van der Waals surface area (Å²) in [5, 5.41) is 2.63. The first-order chi connectivity index (χ1) is 8.94. The number of hydrogen-bond acceptors (Lipinski definition) is 4. The van der Waals surface area contributed by atoms with Crippen LogP contribution in [0.3, 0.4) is 0 Å². The number of ether oxygens (including phenoxy) is 1. The monoisotopic (exact) mass is 286 g/mol. The summed E-state index contributed by atoms with van der Waals surface area (Å²) in [5.74, 6) is -0.483. The molecule has 0 heterocycles. The van der Waals surface area contributed by atoms with E-state index in [1.807, 2.05) is 13.8 Å². The molecule has 0 bridgehead atoms. The van der Waals surface area contributed by atoms with E-state index in [1.165, 1.54) is 18.9 Å². The van der Waals surface area contributed by atoms with Crippen molar-refractivity contribution in [1.82, 2.24) is 10.2 Å². The summed E-state index contributed by atoms with van der Waals surface area (Å²) in [6, 6.07) is -0.533. The molecule has 0 saturated carbocycles. The smallest absolute Gasteiger partial charge is 0.410 e. The minimum atomic E-state index is -0.609. The molecule has 1 N–H and O–H groups in total. The van der Waals surface area contributed by atoms with E-state index >= 15 is 0 Å². The number of carbonyl (C=O) groups excluding carboxylic acids is 3. The molecule has 0 aromatic rings. The van der Waals surface area contributed by atoms with Crippen molar-refractivity contribution < 1.29 is 19.1 Å². The molecule has 6 heteroatoms. The fourth-order valence-corrected chi connectivity index (χ4v) is 1.58. The Morgan fingerprint density at radius 1 is 1.20 bits per heavy atom. The highest BCUT2D eigenvalue weighted by Crippen LogP contribution is 2.09. The lowest BCUT2D eigenvalue weighted by atomic mass is 10.0. The first-order valence-electron chi connectivity index (χ1n) is 6.68. The lowest BCUT2D eigenvalue weighted by molar-refractivity contribution is -0.128. The second-order valence-corrected chi connectivity index (χ2v) is 6.24. The van der Waals surface area contributed by atoms with Crippen molar-refractivity contribution in [2.45, 2.75) is 53.2 Å². The normalized spacial score (nSPS) is 12.8. The van der Waals surface area contributed by atoms with Gasteiger partial charge in [-0.05, 0) is 33.6 Å². The van der Waals surface area contributed by atoms with Crippen LogP contribution >= 0.6 is 0 Å². The van der Waals surface area contributed by atoms with E-state index < -0.39 is 17.7 Å². The lowest BCUT2D eigenvalue weighted by Crippen LogP contribution is -2.48. The van der Waals surface area contributed by atoms with Crippen molar-refractivity contribution in [2.24, 2.45) is 5.92 Å². The average molecular weight is 286 g/mol. The maximum Gasteiger partial charge on any atom is 0.410 e. The predicted molar refractivity (Wildman–Crippen MR) is 76.3 cm³/mol. The van der Waals surface area contributed by atoms with Gasteiger partial charge in [-0.15, -0.1) is 0 Å². The van der Waals surface area contributed by atoms with Gasteiger partial charge < -0.3 is 15.0 Å². The van der Waals surface area contributed by atoms with Gasteiger partial charge in [0.2, 0.25) is 5.91 Å². The van der Waals surface area contributed by atoms with Crippen molar-refractivity contribution in [3.05, 3.63) is 0 Å². The van der Waals surface area contributed by atoms with E-state index in [0.717, 1.165) is 0 Å². The number of nitrogens with zero attached hydrogens (tertiary/aromatic N) is 1. The van der Waals surface area contributed by atoms with E-state index in [-0.39, 0.29) is 24.2 Å². The number of rotatable bonds is 5. The predicted octanol–water partition coefficient (Wildman–Crippen LogP) is 1.58. The second-order valence-electron chi connectivity index (χ2n) is 6.24. The molecule has 1 atom stereocenters. The molecule has 0 aliphatic carbocycles. The van der Waals surface area contributed by atoms with Crippen molar-refractivity contribution >= 4 is 17.8 Å². The maximum absolute atomic E-state index is 11.8. The molecule has 0 aromatic carbocycles. The molecule has 0 aliphatic rings. The molecule has 1 unspecified atom stereocenters. The minimum absolute atomic E-state index is 0.00304. The minimum Gasteiger partial charge on any atom is -0.444 e. The molecular weight excluding hydrogens is 260 g/mol. The van der Waals surface area contributed by atoms with Crippen LogP contribution in [0.4, 0.5) is 4.79 Å². The zero-order chi connectivity index (χ0) is 16.1. The molecule has 0 saturated heterocycles. The fraction of sp³-hybridized carbons (Fsp3) is 0.786. The number of ketones is 1. The van der Waals surface area contributed by atoms with Crippen molar-refractivity contribution in [2.75, 3.05) is 13.6 Å². The van der Waals surface area contributed by atoms with E-state index in [1.54, 1.807) is 20.8 Å². The summed E-state index contributed by atoms with van der Waals surface area (Å²) < 4.78 is 5.14. The van der Waals surface area contributed by atoms with Crippen LogP contribution in [0.25, 0.3) is 0 Å². The van der Waals surface area contributed by atoms with E-state index in [2.05, 4.69) is 5.32 Å². The summed E-state index contributed by atoms with van der Waals surface area (Å²) in [6.45, 7) is 10.2. The number of Topliss-reactive ketones (excluding diaryl/α,β-unsaturated/α-hetero) is 1. The zero-order valence-corrected chi connectivity index (χ0v) is 13.4. The molecule has 0 spiro atoms. The van der Waals surface area contributed by atoms with Crippen LogP contribution < -0.4 is 5.32 Å². The summed E-state index contributed by atoms with van der Waals surface area (Å²) >= 11 is 0. The van der Waals surface area contributed by atoms with Crippen LogP contribution in [0.1, 0.15) is 41.5 Å². The lowest BCUT2D eigenvalue weighted by Gasteiger charge is -2.25. The molecule has 20 heavy (non-hydrogen) atoms.